The molecule has 1 atom stereocenters. The van der Waals surface area contributed by atoms with Gasteiger partial charge < -0.3 is 10.1 Å². The minimum absolute atomic E-state index is 0.0644. The zero-order valence-corrected chi connectivity index (χ0v) is 20.3. The molecule has 1 heterocycles. The fraction of sp³-hybridized carbons (Fsp3) is 0.536. The fourth-order valence-electron chi connectivity index (χ4n) is 4.28. The topological polar surface area (TPSA) is 41.6 Å². The highest BCUT2D eigenvalue weighted by atomic mass is 16.5. The van der Waals surface area contributed by atoms with Crippen LogP contribution in [0.4, 0.5) is 0 Å². The Morgan fingerprint density at radius 1 is 1.03 bits per heavy atom. The van der Waals surface area contributed by atoms with Crippen LogP contribution in [0.2, 0.25) is 0 Å². The van der Waals surface area contributed by atoms with Crippen molar-refractivity contribution < 1.29 is 9.53 Å². The lowest BCUT2D eigenvalue weighted by atomic mass is 9.86. The summed E-state index contributed by atoms with van der Waals surface area (Å²) in [5, 5.41) is 3.21. The maximum absolute atomic E-state index is 13.1. The molecule has 1 fully saturated rings. The molecule has 0 aliphatic carbocycles. The minimum Gasteiger partial charge on any atom is -0.493 e. The number of unbranched alkanes of at least 4 members (excludes halogenated alkanes) is 1. The molecule has 1 N–H and O–H groups in total. The van der Waals surface area contributed by atoms with E-state index in [2.05, 4.69) is 62.2 Å². The second-order valence-corrected chi connectivity index (χ2v) is 9.89. The molecular weight excluding hydrogens is 396 g/mol. The van der Waals surface area contributed by atoms with E-state index in [1.54, 1.807) is 0 Å². The standard InChI is InChI=1S/C28H40N2O2/c1-5-6-20-32-26-13-9-8-12-24(26)27(31)29-21-25(30-18-10-7-11-19-30)22-14-16-23(17-15-22)28(2,3)4/h8-9,12-17,25H,5-7,10-11,18-21H2,1-4H3,(H,29,31). The van der Waals surface area contributed by atoms with Gasteiger partial charge in [0.2, 0.25) is 0 Å². The summed E-state index contributed by atoms with van der Waals surface area (Å²) in [6.45, 7) is 12.3. The predicted octanol–water partition coefficient (Wildman–Crippen LogP) is 6.12. The zero-order valence-electron chi connectivity index (χ0n) is 20.3. The number of para-hydroxylation sites is 1. The van der Waals surface area contributed by atoms with Crippen molar-refractivity contribution in [2.45, 2.75) is 71.3 Å². The van der Waals surface area contributed by atoms with E-state index in [4.69, 9.17) is 4.74 Å². The van der Waals surface area contributed by atoms with Crippen molar-refractivity contribution in [1.29, 1.82) is 0 Å². The van der Waals surface area contributed by atoms with Gasteiger partial charge in [0, 0.05) is 6.54 Å². The van der Waals surface area contributed by atoms with E-state index in [0.29, 0.717) is 24.5 Å². The Hall–Kier alpha value is -2.33. The molecule has 0 bridgehead atoms. The molecule has 1 saturated heterocycles. The van der Waals surface area contributed by atoms with E-state index in [1.807, 2.05) is 24.3 Å². The van der Waals surface area contributed by atoms with Gasteiger partial charge in [-0.1, -0.05) is 76.9 Å². The smallest absolute Gasteiger partial charge is 0.255 e. The third-order valence-corrected chi connectivity index (χ3v) is 6.34. The van der Waals surface area contributed by atoms with Crippen LogP contribution >= 0.6 is 0 Å². The minimum atomic E-state index is -0.0644. The van der Waals surface area contributed by atoms with Crippen molar-refractivity contribution in [3.05, 3.63) is 65.2 Å². The van der Waals surface area contributed by atoms with E-state index in [-0.39, 0.29) is 17.4 Å². The highest BCUT2D eigenvalue weighted by molar-refractivity contribution is 5.96. The van der Waals surface area contributed by atoms with Crippen LogP contribution in [0.15, 0.2) is 48.5 Å². The molecule has 3 rings (SSSR count). The van der Waals surface area contributed by atoms with Gasteiger partial charge in [-0.25, -0.2) is 0 Å². The lowest BCUT2D eigenvalue weighted by molar-refractivity contribution is 0.0920. The first-order valence-corrected chi connectivity index (χ1v) is 12.2. The molecule has 0 aromatic heterocycles. The molecule has 1 amide bonds. The van der Waals surface area contributed by atoms with Crippen LogP contribution < -0.4 is 10.1 Å². The Bertz CT molecular complexity index is 848. The maximum atomic E-state index is 13.1. The molecule has 2 aromatic rings. The first-order valence-electron chi connectivity index (χ1n) is 12.2. The Balaban J connectivity index is 1.74. The van der Waals surface area contributed by atoms with Crippen LogP contribution in [0.25, 0.3) is 0 Å². The Morgan fingerprint density at radius 2 is 1.72 bits per heavy atom. The van der Waals surface area contributed by atoms with Crippen molar-refractivity contribution in [2.24, 2.45) is 0 Å². The monoisotopic (exact) mass is 436 g/mol. The van der Waals surface area contributed by atoms with Crippen LogP contribution in [0.5, 0.6) is 5.75 Å². The molecule has 1 aliphatic heterocycles. The molecule has 0 radical (unpaired) electrons. The normalized spacial score (nSPS) is 15.9. The molecule has 1 unspecified atom stereocenters. The molecule has 4 heteroatoms. The van der Waals surface area contributed by atoms with Gasteiger partial charge in [0.05, 0.1) is 18.2 Å². The summed E-state index contributed by atoms with van der Waals surface area (Å²) in [7, 11) is 0. The van der Waals surface area contributed by atoms with Crippen molar-refractivity contribution >= 4 is 5.91 Å². The number of amides is 1. The summed E-state index contributed by atoms with van der Waals surface area (Å²) in [5.74, 6) is 0.605. The quantitative estimate of drug-likeness (QED) is 0.482. The number of piperidine rings is 1. The number of carbonyl (C=O) groups excluding carboxylic acids is 1. The van der Waals surface area contributed by atoms with Gasteiger partial charge in [0.1, 0.15) is 5.75 Å². The summed E-state index contributed by atoms with van der Waals surface area (Å²) in [6.07, 6.45) is 5.79. The highest BCUT2D eigenvalue weighted by Gasteiger charge is 2.24. The first-order chi connectivity index (χ1) is 15.4. The number of carbonyl (C=O) groups is 1. The number of nitrogens with one attached hydrogen (secondary N) is 1. The van der Waals surface area contributed by atoms with Crippen LogP contribution in [-0.4, -0.2) is 37.0 Å². The number of hydrogen-bond acceptors (Lipinski definition) is 3. The van der Waals surface area contributed by atoms with Crippen LogP contribution in [0, 0.1) is 0 Å². The van der Waals surface area contributed by atoms with Crippen molar-refractivity contribution in [3.63, 3.8) is 0 Å². The number of likely N-dealkylation sites (tertiary alicyclic amines) is 1. The van der Waals surface area contributed by atoms with Crippen molar-refractivity contribution in [1.82, 2.24) is 10.2 Å². The number of rotatable bonds is 9. The SMILES string of the molecule is CCCCOc1ccccc1C(=O)NCC(c1ccc(C(C)(C)C)cc1)N1CCCCC1. The molecule has 4 nitrogen and oxygen atoms in total. The molecule has 1 aliphatic rings. The number of benzene rings is 2. The second-order valence-electron chi connectivity index (χ2n) is 9.89. The largest absolute Gasteiger partial charge is 0.493 e. The highest BCUT2D eigenvalue weighted by Crippen LogP contribution is 2.28. The number of nitrogens with zero attached hydrogens (tertiary/aromatic N) is 1. The predicted molar refractivity (Wildman–Crippen MR) is 132 cm³/mol. The average molecular weight is 437 g/mol. The summed E-state index contributed by atoms with van der Waals surface area (Å²) in [4.78, 5) is 15.6. The van der Waals surface area contributed by atoms with Gasteiger partial charge in [0.25, 0.3) is 5.91 Å². The van der Waals surface area contributed by atoms with Crippen molar-refractivity contribution in [3.8, 4) is 5.75 Å². The van der Waals surface area contributed by atoms with Gasteiger partial charge in [-0.2, -0.15) is 0 Å². The van der Waals surface area contributed by atoms with E-state index < -0.39 is 0 Å². The van der Waals surface area contributed by atoms with E-state index >= 15 is 0 Å². The zero-order chi connectivity index (χ0) is 23.0. The molecule has 0 spiro atoms. The number of hydrogen-bond donors (Lipinski definition) is 1. The third kappa shape index (κ3) is 6.59. The number of ether oxygens (including phenoxy) is 1. The van der Waals surface area contributed by atoms with Crippen LogP contribution in [0.3, 0.4) is 0 Å². The second kappa shape index (κ2) is 11.5. The Labute approximate surface area is 194 Å². The Morgan fingerprint density at radius 3 is 2.38 bits per heavy atom. The van der Waals surface area contributed by atoms with Crippen molar-refractivity contribution in [2.75, 3.05) is 26.2 Å². The maximum Gasteiger partial charge on any atom is 0.255 e. The lowest BCUT2D eigenvalue weighted by Gasteiger charge is -2.35. The molecule has 0 saturated carbocycles. The fourth-order valence-corrected chi connectivity index (χ4v) is 4.28. The third-order valence-electron chi connectivity index (χ3n) is 6.34. The molecule has 174 valence electrons. The van der Waals surface area contributed by atoms with Gasteiger partial charge >= 0.3 is 0 Å². The lowest BCUT2D eigenvalue weighted by Crippen LogP contribution is -2.40. The summed E-state index contributed by atoms with van der Waals surface area (Å²) in [6, 6.07) is 16.7. The summed E-state index contributed by atoms with van der Waals surface area (Å²) in [5.41, 5.74) is 3.35. The van der Waals surface area contributed by atoms with Gasteiger partial charge in [-0.05, 0) is 61.0 Å². The average Bonchev–Trinajstić information content (AvgIpc) is 2.80. The van der Waals surface area contributed by atoms with Crippen LogP contribution in [-0.2, 0) is 5.41 Å². The van der Waals surface area contributed by atoms with Gasteiger partial charge in [-0.15, -0.1) is 0 Å². The molecule has 2 aromatic carbocycles. The Kier molecular flexibility index (Phi) is 8.75. The van der Waals surface area contributed by atoms with Crippen LogP contribution in [0.1, 0.15) is 87.3 Å². The molecule has 32 heavy (non-hydrogen) atoms. The van der Waals surface area contributed by atoms with E-state index in [1.165, 1.54) is 30.4 Å². The van der Waals surface area contributed by atoms with Gasteiger partial charge in [-0.3, -0.25) is 9.69 Å². The van der Waals surface area contributed by atoms with Gasteiger partial charge in [0.15, 0.2) is 0 Å². The summed E-state index contributed by atoms with van der Waals surface area (Å²) < 4.78 is 5.88. The summed E-state index contributed by atoms with van der Waals surface area (Å²) >= 11 is 0. The first kappa shape index (κ1) is 24.3. The van der Waals surface area contributed by atoms with E-state index in [9.17, 15) is 4.79 Å². The molecular formula is C28H40N2O2. The van der Waals surface area contributed by atoms with E-state index in [0.717, 1.165) is 25.9 Å².